The molecule has 2 aliphatic rings. The van der Waals surface area contributed by atoms with Crippen LogP contribution >= 0.6 is 11.3 Å². The van der Waals surface area contributed by atoms with E-state index in [1.54, 1.807) is 18.4 Å². The first kappa shape index (κ1) is 21.6. The van der Waals surface area contributed by atoms with Crippen molar-refractivity contribution in [1.82, 2.24) is 15.2 Å². The number of carbonyl (C=O) groups is 2. The summed E-state index contributed by atoms with van der Waals surface area (Å²) in [5.41, 5.74) is 2.21. The number of hydrogen-bond donors (Lipinski definition) is 1. The number of amides is 2. The van der Waals surface area contributed by atoms with Crippen LogP contribution in [0.1, 0.15) is 35.9 Å². The van der Waals surface area contributed by atoms with E-state index in [-0.39, 0.29) is 17.7 Å². The number of anilines is 1. The third-order valence-corrected chi connectivity index (χ3v) is 7.31. The fourth-order valence-corrected chi connectivity index (χ4v) is 5.41. The molecule has 4 rings (SSSR count). The molecule has 166 valence electrons. The van der Waals surface area contributed by atoms with Crippen LogP contribution in [-0.4, -0.2) is 55.0 Å². The Balaban J connectivity index is 1.31. The summed E-state index contributed by atoms with van der Waals surface area (Å²) in [5, 5.41) is 4.12. The van der Waals surface area contributed by atoms with E-state index < -0.39 is 0 Å². The highest BCUT2D eigenvalue weighted by molar-refractivity contribution is 7.15. The number of hydrogen-bond acceptors (Lipinski definition) is 6. The monoisotopic (exact) mass is 442 g/mol. The number of aromatic nitrogens is 1. The topological polar surface area (TPSA) is 74.8 Å². The van der Waals surface area contributed by atoms with Gasteiger partial charge in [0.15, 0.2) is 5.13 Å². The molecular formula is C23H30N4O3S. The maximum absolute atomic E-state index is 12.7. The Labute approximate surface area is 187 Å². The average Bonchev–Trinajstić information content (AvgIpc) is 3.26. The number of aryl methyl sites for hydroxylation is 1. The lowest BCUT2D eigenvalue weighted by atomic mass is 9.90. The Morgan fingerprint density at radius 2 is 1.94 bits per heavy atom. The van der Waals surface area contributed by atoms with Crippen LogP contribution in [0.5, 0.6) is 5.75 Å². The first-order valence-corrected chi connectivity index (χ1v) is 11.8. The number of carbonyl (C=O) groups excluding carboxylic acids is 2. The van der Waals surface area contributed by atoms with Crippen LogP contribution in [0, 0.1) is 5.92 Å². The number of thiazole rings is 1. The minimum absolute atomic E-state index is 0.00179. The largest absolute Gasteiger partial charge is 0.497 e. The number of methoxy groups -OCH3 is 1. The van der Waals surface area contributed by atoms with Gasteiger partial charge in [-0.2, -0.15) is 0 Å². The fraction of sp³-hybridized carbons (Fsp3) is 0.522. The highest BCUT2D eigenvalue weighted by atomic mass is 32.1. The van der Waals surface area contributed by atoms with Gasteiger partial charge < -0.3 is 19.9 Å². The van der Waals surface area contributed by atoms with Crippen LogP contribution in [-0.2, 0) is 29.0 Å². The van der Waals surface area contributed by atoms with Crippen LogP contribution in [0.25, 0.3) is 0 Å². The van der Waals surface area contributed by atoms with E-state index in [2.05, 4.69) is 10.2 Å². The molecule has 0 bridgehead atoms. The van der Waals surface area contributed by atoms with Crippen molar-refractivity contribution < 1.29 is 14.3 Å². The van der Waals surface area contributed by atoms with E-state index in [1.807, 2.05) is 36.1 Å². The van der Waals surface area contributed by atoms with Crippen LogP contribution in [0.2, 0.25) is 0 Å². The van der Waals surface area contributed by atoms with Crippen LogP contribution in [0.4, 0.5) is 5.13 Å². The zero-order valence-electron chi connectivity index (χ0n) is 18.2. The SMILES string of the molecule is CCC(=O)N1CCN(c2nc3c(s2)C[C@@H](C(=O)NCc2ccc(OC)cc2)CC3)CC1. The normalized spacial score (nSPS) is 18.5. The predicted molar refractivity (Wildman–Crippen MR) is 122 cm³/mol. The van der Waals surface area contributed by atoms with Gasteiger partial charge in [-0.3, -0.25) is 9.59 Å². The van der Waals surface area contributed by atoms with Gasteiger partial charge in [0.1, 0.15) is 5.75 Å². The van der Waals surface area contributed by atoms with Crippen LogP contribution < -0.4 is 15.0 Å². The van der Waals surface area contributed by atoms with Gasteiger partial charge in [-0.25, -0.2) is 4.98 Å². The Bertz CT molecular complexity index is 919. The molecule has 1 aromatic carbocycles. The minimum Gasteiger partial charge on any atom is -0.497 e. The summed E-state index contributed by atoms with van der Waals surface area (Å²) in [7, 11) is 1.65. The van der Waals surface area contributed by atoms with Crippen molar-refractivity contribution in [2.75, 3.05) is 38.2 Å². The third kappa shape index (κ3) is 5.01. The van der Waals surface area contributed by atoms with Crippen molar-refractivity contribution in [1.29, 1.82) is 0 Å². The van der Waals surface area contributed by atoms with Gasteiger partial charge in [0.25, 0.3) is 0 Å². The number of rotatable bonds is 6. The van der Waals surface area contributed by atoms with Gasteiger partial charge >= 0.3 is 0 Å². The number of nitrogens with one attached hydrogen (secondary N) is 1. The first-order valence-electron chi connectivity index (χ1n) is 11.0. The zero-order valence-corrected chi connectivity index (χ0v) is 19.0. The summed E-state index contributed by atoms with van der Waals surface area (Å²) in [5.74, 6) is 1.15. The molecule has 7 nitrogen and oxygen atoms in total. The molecule has 0 radical (unpaired) electrons. The summed E-state index contributed by atoms with van der Waals surface area (Å²) in [6, 6.07) is 7.76. The third-order valence-electron chi connectivity index (χ3n) is 6.13. The molecule has 31 heavy (non-hydrogen) atoms. The molecule has 1 aliphatic carbocycles. The van der Waals surface area contributed by atoms with Crippen molar-refractivity contribution in [2.24, 2.45) is 5.92 Å². The van der Waals surface area contributed by atoms with Crippen molar-refractivity contribution in [3.63, 3.8) is 0 Å². The molecule has 1 atom stereocenters. The average molecular weight is 443 g/mol. The predicted octanol–water partition coefficient (Wildman–Crippen LogP) is 2.63. The number of benzene rings is 1. The molecule has 0 spiro atoms. The Morgan fingerprint density at radius 1 is 1.19 bits per heavy atom. The highest BCUT2D eigenvalue weighted by Gasteiger charge is 2.29. The summed E-state index contributed by atoms with van der Waals surface area (Å²) in [6.45, 7) is 5.60. The molecule has 0 saturated carbocycles. The fourth-order valence-electron chi connectivity index (χ4n) is 4.17. The molecule has 2 amide bonds. The molecule has 1 fully saturated rings. The van der Waals surface area contributed by atoms with Gasteiger partial charge in [0.05, 0.1) is 12.8 Å². The molecular weight excluding hydrogens is 412 g/mol. The number of fused-ring (bicyclic) bond motifs is 1. The van der Waals surface area contributed by atoms with E-state index in [0.29, 0.717) is 13.0 Å². The second-order valence-corrected chi connectivity index (χ2v) is 9.16. The smallest absolute Gasteiger partial charge is 0.223 e. The summed E-state index contributed by atoms with van der Waals surface area (Å²) in [4.78, 5) is 35.0. The lowest BCUT2D eigenvalue weighted by Crippen LogP contribution is -2.48. The molecule has 2 aromatic rings. The second-order valence-electron chi connectivity index (χ2n) is 8.09. The minimum atomic E-state index is -0.00179. The van der Waals surface area contributed by atoms with Gasteiger partial charge in [-0.15, -0.1) is 11.3 Å². The molecule has 8 heteroatoms. The maximum Gasteiger partial charge on any atom is 0.223 e. The quantitative estimate of drug-likeness (QED) is 0.744. The molecule has 0 unspecified atom stereocenters. The van der Waals surface area contributed by atoms with Crippen molar-refractivity contribution in [3.05, 3.63) is 40.4 Å². The van der Waals surface area contributed by atoms with E-state index in [1.165, 1.54) is 4.88 Å². The Kier molecular flexibility index (Phi) is 6.75. The number of piperazine rings is 1. The van der Waals surface area contributed by atoms with Gasteiger partial charge in [0.2, 0.25) is 11.8 Å². The van der Waals surface area contributed by atoms with Crippen LogP contribution in [0.3, 0.4) is 0 Å². The summed E-state index contributed by atoms with van der Waals surface area (Å²) < 4.78 is 5.18. The standard InChI is InChI=1S/C23H30N4O3S/c1-3-21(28)26-10-12-27(13-11-26)23-25-19-9-6-17(14-20(19)31-23)22(29)24-15-16-4-7-18(30-2)8-5-16/h4-5,7-8,17H,3,6,9-15H2,1-2H3,(H,24,29)/t17-/m0/s1. The highest BCUT2D eigenvalue weighted by Crippen LogP contribution is 2.34. The number of ether oxygens (including phenoxy) is 1. The van der Waals surface area contributed by atoms with Gasteiger partial charge in [-0.1, -0.05) is 19.1 Å². The van der Waals surface area contributed by atoms with E-state index in [0.717, 1.165) is 67.6 Å². The molecule has 1 aliphatic heterocycles. The van der Waals surface area contributed by atoms with Crippen molar-refractivity contribution in [2.45, 2.75) is 39.2 Å². The molecule has 1 aromatic heterocycles. The molecule has 1 saturated heterocycles. The molecule has 1 N–H and O–H groups in total. The Hall–Kier alpha value is -2.61. The lowest BCUT2D eigenvalue weighted by Gasteiger charge is -2.34. The van der Waals surface area contributed by atoms with Crippen molar-refractivity contribution >= 4 is 28.3 Å². The van der Waals surface area contributed by atoms with E-state index in [4.69, 9.17) is 9.72 Å². The van der Waals surface area contributed by atoms with E-state index in [9.17, 15) is 9.59 Å². The van der Waals surface area contributed by atoms with Gasteiger partial charge in [0, 0.05) is 49.9 Å². The summed E-state index contributed by atoms with van der Waals surface area (Å²) in [6.07, 6.45) is 3.01. The van der Waals surface area contributed by atoms with E-state index >= 15 is 0 Å². The van der Waals surface area contributed by atoms with Gasteiger partial charge in [-0.05, 0) is 37.0 Å². The maximum atomic E-state index is 12.7. The van der Waals surface area contributed by atoms with Crippen molar-refractivity contribution in [3.8, 4) is 5.75 Å². The second kappa shape index (κ2) is 9.68. The summed E-state index contributed by atoms with van der Waals surface area (Å²) >= 11 is 1.71. The van der Waals surface area contributed by atoms with Crippen LogP contribution in [0.15, 0.2) is 24.3 Å². The number of nitrogens with zero attached hydrogens (tertiary/aromatic N) is 3. The molecule has 2 heterocycles. The first-order chi connectivity index (χ1) is 15.1. The Morgan fingerprint density at radius 3 is 2.61 bits per heavy atom. The lowest BCUT2D eigenvalue weighted by molar-refractivity contribution is -0.131. The zero-order chi connectivity index (χ0) is 21.8.